The van der Waals surface area contributed by atoms with E-state index in [0.717, 1.165) is 17.0 Å². The van der Waals surface area contributed by atoms with Gasteiger partial charge in [-0.1, -0.05) is 17.7 Å². The topological polar surface area (TPSA) is 58.6 Å². The van der Waals surface area contributed by atoms with Crippen LogP contribution in [0.5, 0.6) is 5.75 Å². The highest BCUT2D eigenvalue weighted by Gasteiger charge is 2.35. The van der Waals surface area contributed by atoms with Gasteiger partial charge in [-0.25, -0.2) is 0 Å². The Bertz CT molecular complexity index is 805. The summed E-state index contributed by atoms with van der Waals surface area (Å²) in [4.78, 5) is 26.5. The summed E-state index contributed by atoms with van der Waals surface area (Å²) in [6.07, 6.45) is 0.188. The molecule has 2 aromatic rings. The minimum absolute atomic E-state index is 0.0692. The van der Waals surface area contributed by atoms with Crippen LogP contribution in [0, 0.1) is 12.8 Å². The lowest BCUT2D eigenvalue weighted by atomic mass is 10.1. The third-order valence-corrected chi connectivity index (χ3v) is 4.79. The van der Waals surface area contributed by atoms with Gasteiger partial charge in [0, 0.05) is 29.4 Å². The Morgan fingerprint density at radius 2 is 1.96 bits per heavy atom. The van der Waals surface area contributed by atoms with Crippen LogP contribution in [0.3, 0.4) is 0 Å². The second-order valence-corrected chi connectivity index (χ2v) is 6.41. The lowest BCUT2D eigenvalue weighted by Gasteiger charge is -2.19. The first-order valence-corrected chi connectivity index (χ1v) is 8.38. The van der Waals surface area contributed by atoms with Crippen LogP contribution in [0.1, 0.15) is 12.0 Å². The molecule has 0 saturated carbocycles. The number of halogens is 1. The Morgan fingerprint density at radius 1 is 1.24 bits per heavy atom. The van der Waals surface area contributed by atoms with Crippen molar-refractivity contribution in [3.63, 3.8) is 0 Å². The fourth-order valence-corrected chi connectivity index (χ4v) is 3.09. The molecule has 1 fully saturated rings. The van der Waals surface area contributed by atoms with Crippen LogP contribution in [0.2, 0.25) is 5.02 Å². The Morgan fingerprint density at radius 3 is 2.64 bits per heavy atom. The van der Waals surface area contributed by atoms with Crippen LogP contribution in [0.25, 0.3) is 0 Å². The summed E-state index contributed by atoms with van der Waals surface area (Å²) in [6, 6.07) is 12.5. The Labute approximate surface area is 151 Å². The highest BCUT2D eigenvalue weighted by molar-refractivity contribution is 6.31. The molecule has 0 bridgehead atoms. The van der Waals surface area contributed by atoms with Crippen LogP contribution in [-0.4, -0.2) is 25.5 Å². The number of rotatable bonds is 4. The van der Waals surface area contributed by atoms with Crippen LogP contribution < -0.4 is 15.0 Å². The number of hydrogen-bond donors (Lipinski definition) is 1. The molecule has 25 heavy (non-hydrogen) atoms. The molecule has 0 radical (unpaired) electrons. The maximum absolute atomic E-state index is 12.5. The smallest absolute Gasteiger partial charge is 0.229 e. The molecule has 3 rings (SSSR count). The fraction of sp³-hybridized carbons (Fsp3) is 0.263. The number of nitrogens with zero attached hydrogens (tertiary/aromatic N) is 1. The van der Waals surface area contributed by atoms with Crippen molar-refractivity contribution in [2.45, 2.75) is 13.3 Å². The van der Waals surface area contributed by atoms with E-state index in [1.54, 1.807) is 42.3 Å². The average molecular weight is 359 g/mol. The number of amides is 2. The fourth-order valence-electron chi connectivity index (χ4n) is 2.92. The normalized spacial score (nSPS) is 16.8. The molecule has 0 aromatic heterocycles. The molecule has 1 heterocycles. The van der Waals surface area contributed by atoms with Crippen LogP contribution >= 0.6 is 11.6 Å². The number of nitrogens with one attached hydrogen (secondary N) is 1. The summed E-state index contributed by atoms with van der Waals surface area (Å²) in [5, 5.41) is 3.46. The summed E-state index contributed by atoms with van der Waals surface area (Å²) in [5.74, 6) is 0.0885. The van der Waals surface area contributed by atoms with Gasteiger partial charge in [0.15, 0.2) is 0 Å². The largest absolute Gasteiger partial charge is 0.497 e. The molecule has 1 aliphatic heterocycles. The van der Waals surface area contributed by atoms with Crippen molar-refractivity contribution in [1.82, 2.24) is 0 Å². The third-order valence-electron chi connectivity index (χ3n) is 4.38. The van der Waals surface area contributed by atoms with Gasteiger partial charge in [-0.2, -0.15) is 0 Å². The Hall–Kier alpha value is -2.53. The highest BCUT2D eigenvalue weighted by atomic mass is 35.5. The third kappa shape index (κ3) is 3.61. The first-order chi connectivity index (χ1) is 12.0. The number of benzene rings is 2. The first kappa shape index (κ1) is 17.3. The van der Waals surface area contributed by atoms with Crippen LogP contribution in [0.15, 0.2) is 42.5 Å². The zero-order chi connectivity index (χ0) is 18.0. The van der Waals surface area contributed by atoms with Crippen molar-refractivity contribution in [2.24, 2.45) is 5.92 Å². The molecule has 0 aliphatic carbocycles. The van der Waals surface area contributed by atoms with Gasteiger partial charge in [0.1, 0.15) is 5.75 Å². The van der Waals surface area contributed by atoms with Crippen LogP contribution in [-0.2, 0) is 9.59 Å². The molecular formula is C19H19ClN2O3. The van der Waals surface area contributed by atoms with Gasteiger partial charge in [-0.05, 0) is 48.9 Å². The molecule has 1 atom stereocenters. The summed E-state index contributed by atoms with van der Waals surface area (Å²) < 4.78 is 5.10. The van der Waals surface area contributed by atoms with Crippen molar-refractivity contribution in [3.8, 4) is 5.75 Å². The lowest BCUT2D eigenvalue weighted by molar-refractivity contribution is -0.122. The van der Waals surface area contributed by atoms with Crippen molar-refractivity contribution in [3.05, 3.63) is 53.1 Å². The minimum Gasteiger partial charge on any atom is -0.497 e. The summed E-state index contributed by atoms with van der Waals surface area (Å²) in [6.45, 7) is 2.22. The number of anilines is 2. The maximum Gasteiger partial charge on any atom is 0.229 e. The average Bonchev–Trinajstić information content (AvgIpc) is 3.00. The molecule has 1 unspecified atom stereocenters. The Balaban J connectivity index is 1.71. The predicted octanol–water partition coefficient (Wildman–Crippen LogP) is 3.65. The van der Waals surface area contributed by atoms with Crippen molar-refractivity contribution in [1.29, 1.82) is 0 Å². The van der Waals surface area contributed by atoms with E-state index in [4.69, 9.17) is 16.3 Å². The second-order valence-electron chi connectivity index (χ2n) is 6.01. The molecule has 2 aromatic carbocycles. The van der Waals surface area contributed by atoms with Crippen molar-refractivity contribution < 1.29 is 14.3 Å². The van der Waals surface area contributed by atoms with E-state index in [-0.39, 0.29) is 18.2 Å². The first-order valence-electron chi connectivity index (χ1n) is 8.00. The molecular weight excluding hydrogens is 340 g/mol. The van der Waals surface area contributed by atoms with Gasteiger partial charge in [0.05, 0.1) is 13.0 Å². The summed E-state index contributed by atoms with van der Waals surface area (Å²) in [5.41, 5.74) is 2.28. The zero-order valence-corrected chi connectivity index (χ0v) is 14.8. The molecule has 1 N–H and O–H groups in total. The van der Waals surface area contributed by atoms with Gasteiger partial charge < -0.3 is 15.0 Å². The maximum atomic E-state index is 12.5. The number of carbonyl (C=O) groups is 2. The predicted molar refractivity (Wildman–Crippen MR) is 98.3 cm³/mol. The SMILES string of the molecule is COc1ccc(NC(=O)C2CC(=O)N(c3cccc(Cl)c3C)C2)cc1. The van der Waals surface area contributed by atoms with Gasteiger partial charge in [-0.15, -0.1) is 0 Å². The number of methoxy groups -OCH3 is 1. The molecule has 1 aliphatic rings. The van der Waals surface area contributed by atoms with E-state index in [9.17, 15) is 9.59 Å². The quantitative estimate of drug-likeness (QED) is 0.907. The summed E-state index contributed by atoms with van der Waals surface area (Å²) in [7, 11) is 1.59. The number of ether oxygens (including phenoxy) is 1. The van der Waals surface area contributed by atoms with Gasteiger partial charge in [0.25, 0.3) is 0 Å². The lowest BCUT2D eigenvalue weighted by Crippen LogP contribution is -2.28. The van der Waals surface area contributed by atoms with E-state index in [1.807, 2.05) is 19.1 Å². The van der Waals surface area contributed by atoms with Crippen molar-refractivity contribution in [2.75, 3.05) is 23.9 Å². The molecule has 6 heteroatoms. The molecule has 0 spiro atoms. The van der Waals surface area contributed by atoms with E-state index in [0.29, 0.717) is 17.3 Å². The van der Waals surface area contributed by atoms with Gasteiger partial charge in [-0.3, -0.25) is 9.59 Å². The summed E-state index contributed by atoms with van der Waals surface area (Å²) >= 11 is 6.14. The van der Waals surface area contributed by atoms with E-state index >= 15 is 0 Å². The van der Waals surface area contributed by atoms with E-state index in [2.05, 4.69) is 5.32 Å². The number of hydrogen-bond acceptors (Lipinski definition) is 3. The van der Waals surface area contributed by atoms with E-state index < -0.39 is 5.92 Å². The highest BCUT2D eigenvalue weighted by Crippen LogP contribution is 2.31. The van der Waals surface area contributed by atoms with Crippen LogP contribution in [0.4, 0.5) is 11.4 Å². The van der Waals surface area contributed by atoms with Gasteiger partial charge in [0.2, 0.25) is 11.8 Å². The molecule has 1 saturated heterocycles. The Kier molecular flexibility index (Phi) is 4.95. The molecule has 130 valence electrons. The van der Waals surface area contributed by atoms with E-state index in [1.165, 1.54) is 0 Å². The monoisotopic (exact) mass is 358 g/mol. The molecule has 2 amide bonds. The molecule has 5 nitrogen and oxygen atoms in total. The van der Waals surface area contributed by atoms with Crippen molar-refractivity contribution >= 4 is 34.8 Å². The van der Waals surface area contributed by atoms with Gasteiger partial charge >= 0.3 is 0 Å². The second kappa shape index (κ2) is 7.15. The standard InChI is InChI=1S/C19H19ClN2O3/c1-12-16(20)4-3-5-17(12)22-11-13(10-18(22)23)19(24)21-14-6-8-15(25-2)9-7-14/h3-9,13H,10-11H2,1-2H3,(H,21,24). The zero-order valence-electron chi connectivity index (χ0n) is 14.1. The number of carbonyl (C=O) groups excluding carboxylic acids is 2. The minimum atomic E-state index is -0.395.